The van der Waals surface area contributed by atoms with Crippen molar-refractivity contribution in [3.05, 3.63) is 0 Å². The molecule has 5 nitrogen and oxygen atoms in total. The van der Waals surface area contributed by atoms with Gasteiger partial charge in [0.15, 0.2) is 0 Å². The van der Waals surface area contributed by atoms with E-state index >= 15 is 0 Å². The number of nitrogens with one attached hydrogen (secondary N) is 1. The van der Waals surface area contributed by atoms with E-state index in [1.54, 1.807) is 4.90 Å². The highest BCUT2D eigenvalue weighted by molar-refractivity contribution is 5.89. The third-order valence-corrected chi connectivity index (χ3v) is 5.04. The molecule has 0 radical (unpaired) electrons. The van der Waals surface area contributed by atoms with Crippen LogP contribution in [-0.4, -0.2) is 47.6 Å². The van der Waals surface area contributed by atoms with Crippen molar-refractivity contribution in [1.29, 1.82) is 0 Å². The predicted molar refractivity (Wildman–Crippen MR) is 80.6 cm³/mol. The van der Waals surface area contributed by atoms with Gasteiger partial charge in [-0.25, -0.2) is 0 Å². The van der Waals surface area contributed by atoms with E-state index in [1.807, 2.05) is 13.8 Å². The molecule has 120 valence electrons. The average molecular weight is 296 g/mol. The van der Waals surface area contributed by atoms with Crippen LogP contribution >= 0.6 is 0 Å². The van der Waals surface area contributed by atoms with Crippen LogP contribution < -0.4 is 5.32 Å². The van der Waals surface area contributed by atoms with E-state index in [0.717, 1.165) is 25.7 Å². The monoisotopic (exact) mass is 296 g/mol. The molecule has 2 rings (SSSR count). The summed E-state index contributed by atoms with van der Waals surface area (Å²) in [5.74, 6) is -0.205. The Morgan fingerprint density at radius 3 is 2.57 bits per heavy atom. The minimum Gasteiger partial charge on any atom is -0.396 e. The summed E-state index contributed by atoms with van der Waals surface area (Å²) in [7, 11) is 0. The Hall–Kier alpha value is -1.10. The largest absolute Gasteiger partial charge is 0.396 e. The van der Waals surface area contributed by atoms with Gasteiger partial charge in [0.1, 0.15) is 0 Å². The van der Waals surface area contributed by atoms with Crippen LogP contribution in [-0.2, 0) is 9.59 Å². The molecule has 1 aliphatic heterocycles. The Morgan fingerprint density at radius 1 is 1.38 bits per heavy atom. The molecule has 1 heterocycles. The smallest absolute Gasteiger partial charge is 0.225 e. The minimum absolute atomic E-state index is 0.0371. The maximum atomic E-state index is 12.3. The number of carbonyl (C=O) groups excluding carboxylic acids is 2. The third-order valence-electron chi connectivity index (χ3n) is 5.04. The molecule has 21 heavy (non-hydrogen) atoms. The van der Waals surface area contributed by atoms with E-state index in [0.29, 0.717) is 19.5 Å². The Kier molecular flexibility index (Phi) is 5.25. The second kappa shape index (κ2) is 6.77. The van der Waals surface area contributed by atoms with Crippen LogP contribution in [0.3, 0.4) is 0 Å². The van der Waals surface area contributed by atoms with Crippen LogP contribution in [0.2, 0.25) is 0 Å². The van der Waals surface area contributed by atoms with E-state index < -0.39 is 0 Å². The zero-order valence-electron chi connectivity index (χ0n) is 13.2. The first kappa shape index (κ1) is 16.3. The van der Waals surface area contributed by atoms with Gasteiger partial charge in [-0.05, 0) is 26.7 Å². The van der Waals surface area contributed by atoms with Crippen molar-refractivity contribution in [3.8, 4) is 0 Å². The van der Waals surface area contributed by atoms with Gasteiger partial charge in [-0.3, -0.25) is 9.59 Å². The fourth-order valence-electron chi connectivity index (χ4n) is 3.52. The highest BCUT2D eigenvalue weighted by Crippen LogP contribution is 2.35. The van der Waals surface area contributed by atoms with Crippen molar-refractivity contribution >= 4 is 11.8 Å². The van der Waals surface area contributed by atoms with Crippen molar-refractivity contribution < 1.29 is 14.7 Å². The van der Waals surface area contributed by atoms with Crippen molar-refractivity contribution in [3.63, 3.8) is 0 Å². The average Bonchev–Trinajstić information content (AvgIpc) is 2.88. The highest BCUT2D eigenvalue weighted by atomic mass is 16.3. The summed E-state index contributed by atoms with van der Waals surface area (Å²) < 4.78 is 0. The first-order chi connectivity index (χ1) is 9.97. The van der Waals surface area contributed by atoms with E-state index in [4.69, 9.17) is 0 Å². The number of aliphatic hydroxyl groups excluding tert-OH is 1. The molecule has 1 saturated heterocycles. The lowest BCUT2D eigenvalue weighted by Crippen LogP contribution is -2.44. The van der Waals surface area contributed by atoms with Crippen LogP contribution in [0.4, 0.5) is 0 Å². The molecule has 1 atom stereocenters. The van der Waals surface area contributed by atoms with Gasteiger partial charge in [-0.2, -0.15) is 0 Å². The Labute approximate surface area is 127 Å². The lowest BCUT2D eigenvalue weighted by molar-refractivity contribution is -0.130. The Bertz CT molecular complexity index is 389. The SMILES string of the molecule is CC(C)N1CC(C(=O)NCC2(CO)CCCCC2)CC1=O. The van der Waals surface area contributed by atoms with E-state index in [2.05, 4.69) is 5.32 Å². The summed E-state index contributed by atoms with van der Waals surface area (Å²) in [5, 5.41) is 12.7. The molecule has 2 aliphatic rings. The Balaban J connectivity index is 1.86. The molecule has 0 aromatic carbocycles. The summed E-state index contributed by atoms with van der Waals surface area (Å²) >= 11 is 0. The van der Waals surface area contributed by atoms with Crippen molar-refractivity contribution in [2.45, 2.75) is 58.4 Å². The summed E-state index contributed by atoms with van der Waals surface area (Å²) in [6.45, 7) is 5.14. The first-order valence-corrected chi connectivity index (χ1v) is 8.15. The first-order valence-electron chi connectivity index (χ1n) is 8.15. The molecule has 2 fully saturated rings. The fraction of sp³-hybridized carbons (Fsp3) is 0.875. The van der Waals surface area contributed by atoms with Gasteiger partial charge in [0.25, 0.3) is 0 Å². The van der Waals surface area contributed by atoms with Gasteiger partial charge >= 0.3 is 0 Å². The quantitative estimate of drug-likeness (QED) is 0.803. The number of hydrogen-bond acceptors (Lipinski definition) is 3. The fourth-order valence-corrected chi connectivity index (χ4v) is 3.52. The molecule has 0 aromatic rings. The maximum Gasteiger partial charge on any atom is 0.225 e. The molecule has 2 N–H and O–H groups in total. The van der Waals surface area contributed by atoms with Gasteiger partial charge in [0.05, 0.1) is 12.5 Å². The van der Waals surface area contributed by atoms with Crippen molar-refractivity contribution in [2.75, 3.05) is 19.7 Å². The predicted octanol–water partition coefficient (Wildman–Crippen LogP) is 1.30. The summed E-state index contributed by atoms with van der Waals surface area (Å²) in [4.78, 5) is 25.9. The molecule has 1 unspecified atom stereocenters. The van der Waals surface area contributed by atoms with Gasteiger partial charge in [-0.15, -0.1) is 0 Å². The van der Waals surface area contributed by atoms with Crippen LogP contribution in [0.5, 0.6) is 0 Å². The second-order valence-corrected chi connectivity index (χ2v) is 6.98. The molecule has 0 spiro atoms. The zero-order chi connectivity index (χ0) is 15.5. The van der Waals surface area contributed by atoms with Gasteiger partial charge in [0.2, 0.25) is 11.8 Å². The summed E-state index contributed by atoms with van der Waals surface area (Å²) in [6, 6.07) is 0.150. The standard InChI is InChI=1S/C16H28N2O3/c1-12(2)18-9-13(8-14(18)20)15(21)17-10-16(11-19)6-4-3-5-7-16/h12-13,19H,3-11H2,1-2H3,(H,17,21). The third kappa shape index (κ3) is 3.76. The number of carbonyl (C=O) groups is 2. The molecule has 2 amide bonds. The van der Waals surface area contributed by atoms with Crippen LogP contribution in [0.25, 0.3) is 0 Å². The molecular weight excluding hydrogens is 268 g/mol. The number of likely N-dealkylation sites (tertiary alicyclic amines) is 1. The number of aliphatic hydroxyl groups is 1. The lowest BCUT2D eigenvalue weighted by atomic mass is 9.74. The minimum atomic E-state index is -0.237. The molecule has 0 aromatic heterocycles. The number of rotatable bonds is 5. The van der Waals surface area contributed by atoms with Crippen molar-refractivity contribution in [1.82, 2.24) is 10.2 Å². The Morgan fingerprint density at radius 2 is 2.05 bits per heavy atom. The summed E-state index contributed by atoms with van der Waals surface area (Å²) in [5.41, 5.74) is -0.145. The molecule has 1 saturated carbocycles. The molecule has 0 bridgehead atoms. The van der Waals surface area contributed by atoms with Crippen LogP contribution in [0.15, 0.2) is 0 Å². The molecule has 5 heteroatoms. The number of amides is 2. The number of hydrogen-bond donors (Lipinski definition) is 2. The van der Waals surface area contributed by atoms with E-state index in [1.165, 1.54) is 6.42 Å². The molecule has 1 aliphatic carbocycles. The lowest BCUT2D eigenvalue weighted by Gasteiger charge is -2.36. The normalized spacial score (nSPS) is 25.4. The van der Waals surface area contributed by atoms with E-state index in [-0.39, 0.29) is 35.8 Å². The van der Waals surface area contributed by atoms with Gasteiger partial charge < -0.3 is 15.3 Å². The van der Waals surface area contributed by atoms with Gasteiger partial charge in [0, 0.05) is 31.0 Å². The zero-order valence-corrected chi connectivity index (χ0v) is 13.2. The second-order valence-electron chi connectivity index (χ2n) is 6.98. The van der Waals surface area contributed by atoms with Crippen molar-refractivity contribution in [2.24, 2.45) is 11.3 Å². The van der Waals surface area contributed by atoms with E-state index in [9.17, 15) is 14.7 Å². The van der Waals surface area contributed by atoms with Crippen LogP contribution in [0, 0.1) is 11.3 Å². The maximum absolute atomic E-state index is 12.3. The van der Waals surface area contributed by atoms with Crippen LogP contribution in [0.1, 0.15) is 52.4 Å². The highest BCUT2D eigenvalue weighted by Gasteiger charge is 2.37. The summed E-state index contributed by atoms with van der Waals surface area (Å²) in [6.07, 6.45) is 5.74. The molecular formula is C16H28N2O3. The van der Waals surface area contributed by atoms with Gasteiger partial charge in [-0.1, -0.05) is 19.3 Å². The number of nitrogens with zero attached hydrogens (tertiary/aromatic N) is 1. The topological polar surface area (TPSA) is 69.6 Å².